The fourth-order valence-electron chi connectivity index (χ4n) is 5.30. The molecule has 0 radical (unpaired) electrons. The van der Waals surface area contributed by atoms with E-state index in [4.69, 9.17) is 0 Å². The summed E-state index contributed by atoms with van der Waals surface area (Å²) in [5.74, 6) is 1.14. The van der Waals surface area contributed by atoms with Crippen LogP contribution in [0.25, 0.3) is 0 Å². The van der Waals surface area contributed by atoms with Crippen molar-refractivity contribution in [1.29, 1.82) is 0 Å². The van der Waals surface area contributed by atoms with Crippen molar-refractivity contribution in [3.8, 4) is 11.5 Å². The number of benzene rings is 2. The lowest BCUT2D eigenvalue weighted by Gasteiger charge is -2.21. The number of phenols is 2. The molecule has 0 aromatic heterocycles. The highest BCUT2D eigenvalue weighted by molar-refractivity contribution is 5.44. The van der Waals surface area contributed by atoms with Gasteiger partial charge in [0.05, 0.1) is 0 Å². The zero-order chi connectivity index (χ0) is 25.3. The number of phenolic OH excluding ortho intramolecular Hbond substituents is 2. The number of hydrogen-bond acceptors (Lipinski definition) is 2. The van der Waals surface area contributed by atoms with Crippen molar-refractivity contribution in [1.82, 2.24) is 0 Å². The van der Waals surface area contributed by atoms with Crippen LogP contribution in [-0.2, 0) is 12.8 Å². The summed E-state index contributed by atoms with van der Waals surface area (Å²) < 4.78 is 0. The van der Waals surface area contributed by atoms with Crippen molar-refractivity contribution in [2.24, 2.45) is 0 Å². The van der Waals surface area contributed by atoms with E-state index < -0.39 is 0 Å². The number of unbranched alkanes of at least 4 members (excludes halogenated alkanes) is 11. The molecule has 2 aromatic rings. The third kappa shape index (κ3) is 10.7. The molecule has 2 nitrogen and oxygen atoms in total. The second-order valence-electron chi connectivity index (χ2n) is 10.5. The Balaban J connectivity index is 1.93. The Labute approximate surface area is 216 Å². The maximum absolute atomic E-state index is 10.3. The zero-order valence-electron chi connectivity index (χ0n) is 23.0. The van der Waals surface area contributed by atoms with Crippen molar-refractivity contribution in [2.75, 3.05) is 0 Å². The Hall–Kier alpha value is -1.96. The van der Waals surface area contributed by atoms with Gasteiger partial charge in [0, 0.05) is 5.92 Å². The minimum absolute atomic E-state index is 0.311. The molecular weight excluding hydrogens is 428 g/mol. The average Bonchev–Trinajstić information content (AvgIpc) is 2.85. The van der Waals surface area contributed by atoms with Gasteiger partial charge in [0.1, 0.15) is 11.5 Å². The van der Waals surface area contributed by atoms with Gasteiger partial charge in [-0.2, -0.15) is 0 Å². The molecule has 0 atom stereocenters. The molecule has 0 unspecified atom stereocenters. The quantitative estimate of drug-likeness (QED) is 0.196. The van der Waals surface area contributed by atoms with E-state index in [2.05, 4.69) is 45.0 Å². The second-order valence-corrected chi connectivity index (χ2v) is 10.5. The van der Waals surface area contributed by atoms with E-state index >= 15 is 0 Å². The van der Waals surface area contributed by atoms with Gasteiger partial charge in [-0.3, -0.25) is 0 Å². The molecule has 2 heteroatoms. The topological polar surface area (TPSA) is 40.5 Å². The molecule has 0 aliphatic rings. The average molecular weight is 481 g/mol. The highest BCUT2D eigenvalue weighted by Gasteiger charge is 2.17. The molecule has 0 amide bonds. The maximum atomic E-state index is 10.3. The van der Waals surface area contributed by atoms with Crippen molar-refractivity contribution >= 4 is 0 Å². The molecule has 2 rings (SSSR count). The fourth-order valence-corrected chi connectivity index (χ4v) is 5.30. The number of hydrogen-bond donors (Lipinski definition) is 2. The Kier molecular flexibility index (Phi) is 14.6. The normalized spacial score (nSPS) is 11.4. The second kappa shape index (κ2) is 17.5. The third-order valence-electron chi connectivity index (χ3n) is 7.40. The van der Waals surface area contributed by atoms with Gasteiger partial charge in [0.25, 0.3) is 0 Å². The van der Waals surface area contributed by atoms with Gasteiger partial charge < -0.3 is 10.2 Å². The van der Waals surface area contributed by atoms with Crippen LogP contribution in [-0.4, -0.2) is 10.2 Å². The van der Waals surface area contributed by atoms with Crippen LogP contribution in [0, 0.1) is 0 Å². The smallest absolute Gasteiger partial charge is 0.118 e. The van der Waals surface area contributed by atoms with Crippen LogP contribution in [0.1, 0.15) is 145 Å². The lowest BCUT2D eigenvalue weighted by Crippen LogP contribution is -2.04. The van der Waals surface area contributed by atoms with Crippen molar-refractivity contribution in [3.63, 3.8) is 0 Å². The molecule has 0 saturated carbocycles. The molecule has 0 heterocycles. The summed E-state index contributed by atoms with van der Waals surface area (Å²) in [6.07, 6.45) is 21.4. The van der Waals surface area contributed by atoms with E-state index in [0.29, 0.717) is 17.4 Å². The molecule has 35 heavy (non-hydrogen) atoms. The third-order valence-corrected chi connectivity index (χ3v) is 7.40. The highest BCUT2D eigenvalue weighted by Crippen LogP contribution is 2.35. The Morgan fingerprint density at radius 2 is 0.914 bits per heavy atom. The van der Waals surface area contributed by atoms with Crippen molar-refractivity contribution in [2.45, 2.75) is 136 Å². The van der Waals surface area contributed by atoms with Crippen molar-refractivity contribution in [3.05, 3.63) is 58.7 Å². The minimum Gasteiger partial charge on any atom is -0.508 e. The minimum atomic E-state index is 0.311. The summed E-state index contributed by atoms with van der Waals surface area (Å²) in [4.78, 5) is 0. The van der Waals surface area contributed by atoms with E-state index in [9.17, 15) is 10.2 Å². The van der Waals surface area contributed by atoms with Gasteiger partial charge in [0.15, 0.2) is 0 Å². The molecule has 0 fully saturated rings. The largest absolute Gasteiger partial charge is 0.508 e. The van der Waals surface area contributed by atoms with Crippen LogP contribution in [0.4, 0.5) is 0 Å². The summed E-state index contributed by atoms with van der Waals surface area (Å²) in [6.45, 7) is 6.60. The summed E-state index contributed by atoms with van der Waals surface area (Å²) in [6, 6.07) is 12.4. The van der Waals surface area contributed by atoms with Crippen molar-refractivity contribution < 1.29 is 10.2 Å². The standard InChI is InChI=1S/C33H52O2/c1-4-7-8-9-10-11-12-13-14-15-16-17-20-31(27-21-23-32(34)29(25-27)18-5-2)28-22-24-33(35)30(26-28)19-6-3/h21-26,31,34-35H,4-20H2,1-3H3. The first-order valence-corrected chi connectivity index (χ1v) is 14.7. The van der Waals surface area contributed by atoms with E-state index in [1.54, 1.807) is 0 Å². The van der Waals surface area contributed by atoms with Gasteiger partial charge in [-0.25, -0.2) is 0 Å². The molecule has 0 spiro atoms. The predicted molar refractivity (Wildman–Crippen MR) is 152 cm³/mol. The van der Waals surface area contributed by atoms with Crippen LogP contribution < -0.4 is 0 Å². The molecule has 2 N–H and O–H groups in total. The van der Waals surface area contributed by atoms with Gasteiger partial charge in [-0.15, -0.1) is 0 Å². The first-order chi connectivity index (χ1) is 17.1. The van der Waals surface area contributed by atoms with Gasteiger partial charge in [0.2, 0.25) is 0 Å². The molecule has 0 aliphatic heterocycles. The molecule has 2 aromatic carbocycles. The molecule has 196 valence electrons. The van der Waals surface area contributed by atoms with Crippen LogP contribution in [0.5, 0.6) is 11.5 Å². The fraction of sp³-hybridized carbons (Fsp3) is 0.636. The van der Waals surface area contributed by atoms with Crippen LogP contribution >= 0.6 is 0 Å². The molecule has 0 aliphatic carbocycles. The lowest BCUT2D eigenvalue weighted by atomic mass is 9.84. The van der Waals surface area contributed by atoms with Crippen LogP contribution in [0.2, 0.25) is 0 Å². The Morgan fingerprint density at radius 3 is 1.31 bits per heavy atom. The van der Waals surface area contributed by atoms with E-state index in [-0.39, 0.29) is 0 Å². The first-order valence-electron chi connectivity index (χ1n) is 14.7. The predicted octanol–water partition coefficient (Wildman–Crippen LogP) is 10.2. The SMILES string of the molecule is CCCCCCCCCCCCCCC(c1ccc(O)c(CCC)c1)c1ccc(O)c(CCC)c1. The van der Waals surface area contributed by atoms with Gasteiger partial charge in [-0.1, -0.05) is 135 Å². The molecular formula is C33H52O2. The zero-order valence-corrected chi connectivity index (χ0v) is 23.0. The van der Waals surface area contributed by atoms with E-state index in [1.807, 2.05) is 12.1 Å². The molecule has 0 bridgehead atoms. The van der Waals surface area contributed by atoms with Gasteiger partial charge >= 0.3 is 0 Å². The van der Waals surface area contributed by atoms with E-state index in [1.165, 1.54) is 88.2 Å². The van der Waals surface area contributed by atoms with Crippen LogP contribution in [0.15, 0.2) is 36.4 Å². The first kappa shape index (κ1) is 29.3. The number of aryl methyl sites for hydroxylation is 2. The Morgan fingerprint density at radius 1 is 0.514 bits per heavy atom. The monoisotopic (exact) mass is 480 g/mol. The Bertz CT molecular complexity index is 770. The number of rotatable bonds is 19. The maximum Gasteiger partial charge on any atom is 0.118 e. The van der Waals surface area contributed by atoms with Crippen LogP contribution in [0.3, 0.4) is 0 Å². The van der Waals surface area contributed by atoms with Gasteiger partial charge in [-0.05, 0) is 53.6 Å². The van der Waals surface area contributed by atoms with E-state index in [0.717, 1.165) is 43.2 Å². The summed E-state index contributed by atoms with van der Waals surface area (Å²) in [5.41, 5.74) is 4.69. The summed E-state index contributed by atoms with van der Waals surface area (Å²) in [5, 5.41) is 20.6. The lowest BCUT2D eigenvalue weighted by molar-refractivity contribution is 0.466. The summed E-state index contributed by atoms with van der Waals surface area (Å²) >= 11 is 0. The highest BCUT2D eigenvalue weighted by atomic mass is 16.3. The molecule has 0 saturated heterocycles. The number of aromatic hydroxyl groups is 2. The summed E-state index contributed by atoms with van der Waals surface area (Å²) in [7, 11) is 0.